The van der Waals surface area contributed by atoms with E-state index in [9.17, 15) is 0 Å². The molecule has 1 N–H and O–H groups in total. The lowest BCUT2D eigenvalue weighted by molar-refractivity contribution is 0.489. The van der Waals surface area contributed by atoms with Crippen molar-refractivity contribution in [1.82, 2.24) is 0 Å². The van der Waals surface area contributed by atoms with Gasteiger partial charge < -0.3 is 5.11 Å². The maximum atomic E-state index is 8.15. The molecule has 0 radical (unpaired) electrons. The molecule has 0 saturated carbocycles. The molecule has 0 bridgehead atoms. The minimum atomic E-state index is 0.755. The number of aliphatic hydroxyl groups is 1. The minimum Gasteiger partial charge on any atom is -0.462 e. The lowest BCUT2D eigenvalue weighted by atomic mass is 10.0. The van der Waals surface area contributed by atoms with Crippen LogP contribution in [-0.4, -0.2) is 5.11 Å². The topological polar surface area (TPSA) is 20.2 Å². The van der Waals surface area contributed by atoms with Crippen LogP contribution < -0.4 is 0 Å². The molecule has 0 spiro atoms. The normalized spacial score (nSPS) is 11.8. The Morgan fingerprint density at radius 3 is 2.60 bits per heavy atom. The summed E-state index contributed by atoms with van der Waals surface area (Å²) in [6, 6.07) is 0. The molecule has 0 aromatic carbocycles. The summed E-state index contributed by atoms with van der Waals surface area (Å²) in [7, 11) is 0. The van der Waals surface area contributed by atoms with Gasteiger partial charge in [0, 0.05) is 6.42 Å². The van der Waals surface area contributed by atoms with E-state index in [1.54, 1.807) is 0 Å². The molecule has 0 heterocycles. The Bertz CT molecular complexity index is 118. The number of rotatable bonds is 4. The third-order valence-corrected chi connectivity index (χ3v) is 1.62. The molecule has 0 amide bonds. The highest BCUT2D eigenvalue weighted by Gasteiger charge is 1.97. The van der Waals surface area contributed by atoms with Gasteiger partial charge >= 0.3 is 0 Å². The first-order chi connectivity index (χ1) is 4.81. The summed E-state index contributed by atoms with van der Waals surface area (Å²) in [4.78, 5) is 0. The second-order valence-electron chi connectivity index (χ2n) is 2.72. The zero-order chi connectivity index (χ0) is 7.82. The lowest BCUT2D eigenvalue weighted by Crippen LogP contribution is -1.91. The first-order valence-corrected chi connectivity index (χ1v) is 3.93. The third-order valence-electron chi connectivity index (χ3n) is 1.62. The van der Waals surface area contributed by atoms with Crippen LogP contribution in [0.2, 0.25) is 0 Å². The Balaban J connectivity index is 3.18. The maximum Gasteiger partial charge on any atom is 0.107 e. The third kappa shape index (κ3) is 5.50. The van der Waals surface area contributed by atoms with Gasteiger partial charge in [-0.15, -0.1) is 0 Å². The molecule has 0 aromatic rings. The summed E-state index contributed by atoms with van der Waals surface area (Å²) in [5.41, 5.74) is 0. The summed E-state index contributed by atoms with van der Waals surface area (Å²) in [6.07, 6.45) is 6.37. The first kappa shape index (κ1) is 9.36. The standard InChI is InChI=1S/C9H16O/c1-3-6-9(2)7-4-5-8-10/h9-10H,3-4,6-7H2,1-2H3. The summed E-state index contributed by atoms with van der Waals surface area (Å²) < 4.78 is 0. The molecule has 0 aliphatic heterocycles. The van der Waals surface area contributed by atoms with E-state index in [1.807, 2.05) is 6.11 Å². The van der Waals surface area contributed by atoms with E-state index < -0.39 is 0 Å². The SMILES string of the molecule is CCCC(C)CCC#CO. The Morgan fingerprint density at radius 1 is 1.40 bits per heavy atom. The fourth-order valence-corrected chi connectivity index (χ4v) is 1.01. The van der Waals surface area contributed by atoms with Crippen LogP contribution in [0.3, 0.4) is 0 Å². The highest BCUT2D eigenvalue weighted by atomic mass is 16.2. The van der Waals surface area contributed by atoms with E-state index in [2.05, 4.69) is 19.8 Å². The average molecular weight is 140 g/mol. The molecule has 0 saturated heterocycles. The molecule has 0 fully saturated rings. The Labute approximate surface area is 63.5 Å². The second kappa shape index (κ2) is 6.48. The summed E-state index contributed by atoms with van der Waals surface area (Å²) >= 11 is 0. The largest absolute Gasteiger partial charge is 0.462 e. The van der Waals surface area contributed by atoms with Gasteiger partial charge in [0.2, 0.25) is 0 Å². The number of hydrogen-bond donors (Lipinski definition) is 1. The zero-order valence-electron chi connectivity index (χ0n) is 6.85. The van der Waals surface area contributed by atoms with E-state index in [0.29, 0.717) is 0 Å². The van der Waals surface area contributed by atoms with Crippen LogP contribution in [0, 0.1) is 17.9 Å². The molecule has 0 rings (SSSR count). The van der Waals surface area contributed by atoms with Crippen molar-refractivity contribution in [3.8, 4) is 12.0 Å². The van der Waals surface area contributed by atoms with Crippen molar-refractivity contribution in [3.05, 3.63) is 0 Å². The fraction of sp³-hybridized carbons (Fsp3) is 0.778. The monoisotopic (exact) mass is 140 g/mol. The summed E-state index contributed by atoms with van der Waals surface area (Å²) in [5.74, 6) is 3.40. The molecule has 0 aliphatic carbocycles. The van der Waals surface area contributed by atoms with Crippen molar-refractivity contribution >= 4 is 0 Å². The van der Waals surface area contributed by atoms with E-state index in [-0.39, 0.29) is 0 Å². The molecule has 1 heteroatoms. The van der Waals surface area contributed by atoms with Crippen molar-refractivity contribution in [3.63, 3.8) is 0 Å². The molecule has 58 valence electrons. The predicted molar refractivity (Wildman–Crippen MR) is 43.0 cm³/mol. The van der Waals surface area contributed by atoms with Gasteiger partial charge in [0.15, 0.2) is 0 Å². The molecule has 10 heavy (non-hydrogen) atoms. The quantitative estimate of drug-likeness (QED) is 0.595. The van der Waals surface area contributed by atoms with Gasteiger partial charge in [-0.1, -0.05) is 32.6 Å². The zero-order valence-corrected chi connectivity index (χ0v) is 6.85. The molecule has 1 nitrogen and oxygen atoms in total. The average Bonchev–Trinajstić information content (AvgIpc) is 1.89. The van der Waals surface area contributed by atoms with E-state index in [1.165, 1.54) is 12.8 Å². The van der Waals surface area contributed by atoms with Crippen LogP contribution in [0.1, 0.15) is 39.5 Å². The highest BCUT2D eigenvalue weighted by Crippen LogP contribution is 2.10. The van der Waals surface area contributed by atoms with Crippen LogP contribution in [0.25, 0.3) is 0 Å². The van der Waals surface area contributed by atoms with Crippen molar-refractivity contribution in [1.29, 1.82) is 0 Å². The Kier molecular flexibility index (Phi) is 6.06. The predicted octanol–water partition coefficient (Wildman–Crippen LogP) is 2.54. The smallest absolute Gasteiger partial charge is 0.107 e. The van der Waals surface area contributed by atoms with Crippen molar-refractivity contribution in [2.75, 3.05) is 0 Å². The van der Waals surface area contributed by atoms with Gasteiger partial charge in [-0.2, -0.15) is 0 Å². The number of aliphatic hydroxyl groups excluding tert-OH is 1. The van der Waals surface area contributed by atoms with Gasteiger partial charge in [0.05, 0.1) is 0 Å². The van der Waals surface area contributed by atoms with Crippen LogP contribution in [0.15, 0.2) is 0 Å². The fourth-order valence-electron chi connectivity index (χ4n) is 1.01. The maximum absolute atomic E-state index is 8.15. The number of hydrogen-bond acceptors (Lipinski definition) is 1. The van der Waals surface area contributed by atoms with Crippen LogP contribution in [-0.2, 0) is 0 Å². The van der Waals surface area contributed by atoms with Gasteiger partial charge in [-0.3, -0.25) is 0 Å². The van der Waals surface area contributed by atoms with Gasteiger partial charge in [-0.05, 0) is 12.3 Å². The molecule has 1 atom stereocenters. The molecule has 0 aromatic heterocycles. The molecular weight excluding hydrogens is 124 g/mol. The van der Waals surface area contributed by atoms with Crippen LogP contribution in [0.5, 0.6) is 0 Å². The lowest BCUT2D eigenvalue weighted by Gasteiger charge is -2.05. The highest BCUT2D eigenvalue weighted by molar-refractivity contribution is 4.89. The van der Waals surface area contributed by atoms with Crippen molar-refractivity contribution in [2.24, 2.45) is 5.92 Å². The Hall–Kier alpha value is -0.640. The van der Waals surface area contributed by atoms with Gasteiger partial charge in [-0.25, -0.2) is 0 Å². The molecular formula is C9H16O. The van der Waals surface area contributed by atoms with E-state index in [0.717, 1.165) is 18.8 Å². The summed E-state index contributed by atoms with van der Waals surface area (Å²) in [5, 5.41) is 8.15. The summed E-state index contributed by atoms with van der Waals surface area (Å²) in [6.45, 7) is 4.41. The van der Waals surface area contributed by atoms with Gasteiger partial charge in [0.25, 0.3) is 0 Å². The minimum absolute atomic E-state index is 0.755. The Morgan fingerprint density at radius 2 is 2.10 bits per heavy atom. The molecule has 1 unspecified atom stereocenters. The second-order valence-corrected chi connectivity index (χ2v) is 2.72. The van der Waals surface area contributed by atoms with Crippen molar-refractivity contribution in [2.45, 2.75) is 39.5 Å². The van der Waals surface area contributed by atoms with Gasteiger partial charge in [0.1, 0.15) is 6.11 Å². The first-order valence-electron chi connectivity index (χ1n) is 3.93. The van der Waals surface area contributed by atoms with Crippen LogP contribution >= 0.6 is 0 Å². The van der Waals surface area contributed by atoms with E-state index >= 15 is 0 Å². The van der Waals surface area contributed by atoms with Crippen LogP contribution in [0.4, 0.5) is 0 Å². The molecule has 0 aliphatic rings. The van der Waals surface area contributed by atoms with Crippen molar-refractivity contribution < 1.29 is 5.11 Å². The van der Waals surface area contributed by atoms with E-state index in [4.69, 9.17) is 5.11 Å².